The van der Waals surface area contributed by atoms with E-state index in [4.69, 9.17) is 0 Å². The zero-order chi connectivity index (χ0) is 13.7. The highest BCUT2D eigenvalue weighted by Crippen LogP contribution is 2.17. The van der Waals surface area contributed by atoms with E-state index in [1.807, 2.05) is 39.8 Å². The van der Waals surface area contributed by atoms with Crippen LogP contribution < -0.4 is 0 Å². The molecule has 1 unspecified atom stereocenters. The summed E-state index contributed by atoms with van der Waals surface area (Å²) in [5.41, 5.74) is 3.33. The highest BCUT2D eigenvalue weighted by atomic mass is 16.3. The minimum absolute atomic E-state index is 0.0614. The summed E-state index contributed by atoms with van der Waals surface area (Å²) in [7, 11) is 0. The summed E-state index contributed by atoms with van der Waals surface area (Å²) in [5.74, 6) is 0.0251. The van der Waals surface area contributed by atoms with Gasteiger partial charge < -0.3 is 5.11 Å². The molecule has 1 N–H and O–H groups in total. The first-order valence-electron chi connectivity index (χ1n) is 6.75. The number of aryl methyl sites for hydroxylation is 2. The molecule has 2 nitrogen and oxygen atoms in total. The Hall–Kier alpha value is -1.15. The maximum Gasteiger partial charge on any atom is 0.165 e. The Kier molecular flexibility index (Phi) is 5.54. The van der Waals surface area contributed by atoms with Gasteiger partial charge in [-0.3, -0.25) is 4.79 Å². The van der Waals surface area contributed by atoms with E-state index < -0.39 is 6.10 Å². The standard InChI is InChI=1S/C16H24O2/c1-5-14(6-2)16(18)15(17)10-13-8-11(3)7-12(4)9-13/h7-9,14,16,18H,5-6,10H2,1-4H3. The van der Waals surface area contributed by atoms with Gasteiger partial charge in [0.25, 0.3) is 0 Å². The monoisotopic (exact) mass is 248 g/mol. The fourth-order valence-corrected chi connectivity index (χ4v) is 2.47. The van der Waals surface area contributed by atoms with E-state index in [2.05, 4.69) is 6.07 Å². The Morgan fingerprint density at radius 3 is 2.06 bits per heavy atom. The van der Waals surface area contributed by atoms with E-state index in [-0.39, 0.29) is 11.7 Å². The number of aliphatic hydroxyl groups is 1. The lowest BCUT2D eigenvalue weighted by Gasteiger charge is -2.19. The van der Waals surface area contributed by atoms with Crippen LogP contribution in [0.3, 0.4) is 0 Å². The third-order valence-corrected chi connectivity index (χ3v) is 3.48. The summed E-state index contributed by atoms with van der Waals surface area (Å²) in [6.45, 7) is 8.08. The van der Waals surface area contributed by atoms with Crippen LogP contribution >= 0.6 is 0 Å². The topological polar surface area (TPSA) is 37.3 Å². The molecule has 0 spiro atoms. The number of hydrogen-bond donors (Lipinski definition) is 1. The van der Waals surface area contributed by atoms with Gasteiger partial charge in [-0.2, -0.15) is 0 Å². The number of benzene rings is 1. The van der Waals surface area contributed by atoms with Crippen molar-refractivity contribution in [2.24, 2.45) is 5.92 Å². The summed E-state index contributed by atoms with van der Waals surface area (Å²) in [5, 5.41) is 10.0. The van der Waals surface area contributed by atoms with E-state index in [1.165, 1.54) is 0 Å². The first kappa shape index (κ1) is 14.9. The Morgan fingerprint density at radius 1 is 1.11 bits per heavy atom. The Labute approximate surface area is 110 Å². The molecule has 18 heavy (non-hydrogen) atoms. The van der Waals surface area contributed by atoms with Gasteiger partial charge >= 0.3 is 0 Å². The van der Waals surface area contributed by atoms with Crippen LogP contribution in [0, 0.1) is 19.8 Å². The van der Waals surface area contributed by atoms with Crippen LogP contribution in [0.5, 0.6) is 0 Å². The molecular weight excluding hydrogens is 224 g/mol. The van der Waals surface area contributed by atoms with Crippen molar-refractivity contribution in [2.75, 3.05) is 0 Å². The number of Topliss-reactive ketones (excluding diaryl/α,β-unsaturated/α-hetero) is 1. The molecule has 0 heterocycles. The molecule has 0 bridgehead atoms. The fourth-order valence-electron chi connectivity index (χ4n) is 2.47. The number of hydrogen-bond acceptors (Lipinski definition) is 2. The van der Waals surface area contributed by atoms with Crippen LogP contribution in [0.25, 0.3) is 0 Å². The molecule has 0 fully saturated rings. The smallest absolute Gasteiger partial charge is 0.165 e. The summed E-state index contributed by atoms with van der Waals surface area (Å²) in [6.07, 6.45) is 1.20. The SMILES string of the molecule is CCC(CC)C(O)C(=O)Cc1cc(C)cc(C)c1. The second-order valence-corrected chi connectivity index (χ2v) is 5.16. The lowest BCUT2D eigenvalue weighted by molar-refractivity contribution is -0.129. The van der Waals surface area contributed by atoms with E-state index in [1.54, 1.807) is 0 Å². The number of aliphatic hydroxyl groups excluding tert-OH is 1. The zero-order valence-corrected chi connectivity index (χ0v) is 11.9. The van der Waals surface area contributed by atoms with Crippen molar-refractivity contribution < 1.29 is 9.90 Å². The summed E-state index contributed by atoms with van der Waals surface area (Å²) in [6, 6.07) is 6.13. The molecule has 1 aromatic carbocycles. The summed E-state index contributed by atoms with van der Waals surface area (Å²) >= 11 is 0. The Morgan fingerprint density at radius 2 is 1.61 bits per heavy atom. The van der Waals surface area contributed by atoms with Crippen molar-refractivity contribution >= 4 is 5.78 Å². The summed E-state index contributed by atoms with van der Waals surface area (Å²) in [4.78, 5) is 12.0. The number of carbonyl (C=O) groups is 1. The van der Waals surface area contributed by atoms with Gasteiger partial charge in [-0.1, -0.05) is 56.0 Å². The van der Waals surface area contributed by atoms with Gasteiger partial charge in [-0.15, -0.1) is 0 Å². The van der Waals surface area contributed by atoms with Crippen molar-refractivity contribution in [2.45, 2.75) is 53.1 Å². The van der Waals surface area contributed by atoms with Gasteiger partial charge in [0.2, 0.25) is 0 Å². The number of rotatable bonds is 6. The molecule has 100 valence electrons. The molecule has 1 atom stereocenters. The average molecular weight is 248 g/mol. The third-order valence-electron chi connectivity index (χ3n) is 3.48. The molecule has 1 aromatic rings. The minimum atomic E-state index is -0.819. The largest absolute Gasteiger partial charge is 0.385 e. The quantitative estimate of drug-likeness (QED) is 0.839. The Bertz CT molecular complexity index is 385. The average Bonchev–Trinajstić information content (AvgIpc) is 2.28. The van der Waals surface area contributed by atoms with Crippen molar-refractivity contribution in [1.29, 1.82) is 0 Å². The maximum absolute atomic E-state index is 12.0. The molecule has 0 saturated heterocycles. The lowest BCUT2D eigenvalue weighted by atomic mass is 9.90. The highest BCUT2D eigenvalue weighted by Gasteiger charge is 2.23. The molecule has 0 aliphatic heterocycles. The molecule has 2 heteroatoms. The third kappa shape index (κ3) is 3.95. The van der Waals surface area contributed by atoms with Gasteiger partial charge in [-0.25, -0.2) is 0 Å². The van der Waals surface area contributed by atoms with Crippen LogP contribution in [0.15, 0.2) is 18.2 Å². The van der Waals surface area contributed by atoms with E-state index >= 15 is 0 Å². The molecule has 0 amide bonds. The first-order valence-corrected chi connectivity index (χ1v) is 6.75. The van der Waals surface area contributed by atoms with Crippen molar-refractivity contribution in [1.82, 2.24) is 0 Å². The normalized spacial score (nSPS) is 12.8. The van der Waals surface area contributed by atoms with Crippen molar-refractivity contribution in [3.63, 3.8) is 0 Å². The molecular formula is C16H24O2. The number of ketones is 1. The minimum Gasteiger partial charge on any atom is -0.385 e. The summed E-state index contributed by atoms with van der Waals surface area (Å²) < 4.78 is 0. The van der Waals surface area contributed by atoms with Crippen LogP contribution in [0.4, 0.5) is 0 Å². The van der Waals surface area contributed by atoms with Gasteiger partial charge in [0, 0.05) is 6.42 Å². The zero-order valence-electron chi connectivity index (χ0n) is 11.9. The number of carbonyl (C=O) groups excluding carboxylic acids is 1. The molecule has 0 saturated carbocycles. The van der Waals surface area contributed by atoms with E-state index in [0.29, 0.717) is 6.42 Å². The second-order valence-electron chi connectivity index (χ2n) is 5.16. The van der Waals surface area contributed by atoms with Gasteiger partial charge in [0.15, 0.2) is 5.78 Å². The van der Waals surface area contributed by atoms with Crippen LogP contribution in [0.1, 0.15) is 43.4 Å². The van der Waals surface area contributed by atoms with Crippen LogP contribution in [-0.2, 0) is 11.2 Å². The fraction of sp³-hybridized carbons (Fsp3) is 0.562. The van der Waals surface area contributed by atoms with E-state index in [0.717, 1.165) is 29.5 Å². The predicted molar refractivity (Wildman–Crippen MR) is 74.7 cm³/mol. The molecule has 0 radical (unpaired) electrons. The van der Waals surface area contributed by atoms with Gasteiger partial charge in [0.1, 0.15) is 6.10 Å². The molecule has 0 aliphatic rings. The molecule has 1 rings (SSSR count). The molecule has 0 aliphatic carbocycles. The van der Waals surface area contributed by atoms with Crippen LogP contribution in [0.2, 0.25) is 0 Å². The maximum atomic E-state index is 12.0. The van der Waals surface area contributed by atoms with Crippen molar-refractivity contribution in [3.05, 3.63) is 34.9 Å². The highest BCUT2D eigenvalue weighted by molar-refractivity contribution is 5.85. The van der Waals surface area contributed by atoms with Gasteiger partial charge in [0.05, 0.1) is 0 Å². The predicted octanol–water partition coefficient (Wildman–Crippen LogP) is 3.21. The first-order chi connectivity index (χ1) is 8.47. The van der Waals surface area contributed by atoms with E-state index in [9.17, 15) is 9.90 Å². The second kappa shape index (κ2) is 6.69. The van der Waals surface area contributed by atoms with Gasteiger partial charge in [-0.05, 0) is 25.3 Å². The lowest BCUT2D eigenvalue weighted by Crippen LogP contribution is -2.30. The van der Waals surface area contributed by atoms with Crippen LogP contribution in [-0.4, -0.2) is 17.0 Å². The molecule has 0 aromatic heterocycles. The Balaban J connectivity index is 2.74. The van der Waals surface area contributed by atoms with Crippen molar-refractivity contribution in [3.8, 4) is 0 Å².